The number of halogens is 4. The summed E-state index contributed by atoms with van der Waals surface area (Å²) in [5.74, 6) is 1.61. The summed E-state index contributed by atoms with van der Waals surface area (Å²) in [6.45, 7) is 2.03. The lowest BCUT2D eigenvalue weighted by Gasteiger charge is -2.12. The zero-order valence-corrected chi connectivity index (χ0v) is 33.2. The predicted molar refractivity (Wildman–Crippen MR) is 226 cm³/mol. The molecular weight excluding hydrogens is 813 g/mol. The molecule has 0 saturated heterocycles. The smallest absolute Gasteiger partial charge is 0.417 e. The van der Waals surface area contributed by atoms with E-state index in [1.54, 1.807) is 48.5 Å². The van der Waals surface area contributed by atoms with Crippen molar-refractivity contribution in [1.82, 2.24) is 25.3 Å². The maximum Gasteiger partial charge on any atom is 0.417 e. The number of nitrogens with zero attached hydrogens (tertiary/aromatic N) is 4. The Morgan fingerprint density at radius 1 is 0.836 bits per heavy atom. The first-order valence-corrected chi connectivity index (χ1v) is 19.2. The molecule has 0 bridgehead atoms. The lowest BCUT2D eigenvalue weighted by molar-refractivity contribution is -0.137. The number of pyridine rings is 2. The lowest BCUT2D eigenvalue weighted by atomic mass is 10.1. The molecule has 61 heavy (non-hydrogen) atoms. The molecule has 4 aromatic carbocycles. The SMILES string of the molecule is CNC(=O)c1cc(Oc2ccc(NC(=O)Nc3ccc(Cl)c(C(F)(F)F)c3)cc2)ccn1.Cc1cccc(Nc2nc3cc(C(=O)O)ccc3c3cnc(CC4CC4)nc23)c1. The highest BCUT2D eigenvalue weighted by atomic mass is 35.5. The van der Waals surface area contributed by atoms with Gasteiger partial charge < -0.3 is 31.1 Å². The van der Waals surface area contributed by atoms with Crippen molar-refractivity contribution in [3.05, 3.63) is 143 Å². The quantitative estimate of drug-likeness (QED) is 0.0831. The van der Waals surface area contributed by atoms with Crippen LogP contribution >= 0.6 is 11.6 Å². The molecule has 1 aliphatic carbocycles. The minimum atomic E-state index is -4.64. The van der Waals surface area contributed by atoms with Crippen molar-refractivity contribution in [3.63, 3.8) is 0 Å². The summed E-state index contributed by atoms with van der Waals surface area (Å²) >= 11 is 5.57. The lowest BCUT2D eigenvalue weighted by Crippen LogP contribution is -2.19. The Kier molecular flexibility index (Phi) is 12.3. The summed E-state index contributed by atoms with van der Waals surface area (Å²) in [4.78, 5) is 53.3. The Balaban J connectivity index is 0.000000185. The number of fused-ring (bicyclic) bond motifs is 3. The van der Waals surface area contributed by atoms with Crippen LogP contribution in [-0.4, -0.2) is 50.0 Å². The minimum absolute atomic E-state index is 0.0659. The van der Waals surface area contributed by atoms with Crippen LogP contribution in [0.2, 0.25) is 5.02 Å². The number of carboxylic acids is 1. The number of hydrogen-bond acceptors (Lipinski definition) is 9. The highest BCUT2D eigenvalue weighted by molar-refractivity contribution is 6.31. The first-order valence-electron chi connectivity index (χ1n) is 18.8. The molecule has 3 heterocycles. The van der Waals surface area contributed by atoms with Crippen molar-refractivity contribution >= 4 is 74.2 Å². The number of hydrogen-bond donors (Lipinski definition) is 5. The Labute approximate surface area is 351 Å². The standard InChI is InChI=1S/C23H20N4O2.C21H16ClF3N4O3/c1-13-3-2-4-16(9-13)25-22-21-18(12-24-20(27-21)10-14-5-6-14)17-8-7-15(23(28)29)11-19(17)26-22;1-26-19(30)18-11-15(8-9-27-18)32-14-5-2-12(3-6-14)28-20(31)29-13-4-7-17(22)16(10-13)21(23,24)25/h2-4,7-9,11-12,14H,5-6,10H2,1H3,(H,25,26)(H,28,29);2-11H,1H3,(H,26,30)(H2,28,29,31). The van der Waals surface area contributed by atoms with E-state index in [1.165, 1.54) is 38.2 Å². The van der Waals surface area contributed by atoms with E-state index in [1.807, 2.05) is 37.4 Å². The van der Waals surface area contributed by atoms with Crippen LogP contribution in [0.3, 0.4) is 0 Å². The van der Waals surface area contributed by atoms with Crippen LogP contribution in [0.15, 0.2) is 109 Å². The van der Waals surface area contributed by atoms with Gasteiger partial charge in [0.2, 0.25) is 0 Å². The molecule has 17 heteroatoms. The topological polar surface area (TPSA) is 180 Å². The van der Waals surface area contributed by atoms with Crippen LogP contribution in [-0.2, 0) is 12.6 Å². The van der Waals surface area contributed by atoms with Gasteiger partial charge in [-0.1, -0.05) is 29.8 Å². The number of rotatable bonds is 10. The zero-order valence-electron chi connectivity index (χ0n) is 32.5. The van der Waals surface area contributed by atoms with Crippen LogP contribution in [0.5, 0.6) is 11.5 Å². The summed E-state index contributed by atoms with van der Waals surface area (Å²) in [7, 11) is 1.49. The van der Waals surface area contributed by atoms with Crippen molar-refractivity contribution in [2.45, 2.75) is 32.4 Å². The van der Waals surface area contributed by atoms with E-state index < -0.39 is 28.8 Å². The molecule has 0 atom stereocenters. The average Bonchev–Trinajstić information content (AvgIpc) is 4.06. The maximum atomic E-state index is 12.9. The predicted octanol–water partition coefficient (Wildman–Crippen LogP) is 10.4. The monoisotopic (exact) mass is 848 g/mol. The normalized spacial score (nSPS) is 12.2. The highest BCUT2D eigenvalue weighted by Crippen LogP contribution is 2.37. The molecule has 1 fully saturated rings. The number of aromatic carboxylic acids is 1. The number of nitrogens with one attached hydrogen (secondary N) is 4. The number of benzene rings is 4. The molecule has 0 unspecified atom stereocenters. The van der Waals surface area contributed by atoms with E-state index in [2.05, 4.69) is 31.2 Å². The number of alkyl halides is 3. The Morgan fingerprint density at radius 2 is 1.59 bits per heavy atom. The number of aromatic nitrogens is 4. The number of aryl methyl sites for hydroxylation is 1. The third kappa shape index (κ3) is 10.7. The van der Waals surface area contributed by atoms with Gasteiger partial charge in [0, 0.05) is 59.8 Å². The Bertz CT molecular complexity index is 2790. The summed E-state index contributed by atoms with van der Waals surface area (Å²) in [6, 6.07) is 24.6. The van der Waals surface area contributed by atoms with Crippen LogP contribution < -0.4 is 26.0 Å². The molecular formula is C44H36ClF3N8O5. The fourth-order valence-corrected chi connectivity index (χ4v) is 6.39. The van der Waals surface area contributed by atoms with Crippen molar-refractivity contribution < 1.29 is 37.4 Å². The number of ether oxygens (including phenoxy) is 1. The van der Waals surface area contributed by atoms with Crippen LogP contribution in [0, 0.1) is 12.8 Å². The first-order chi connectivity index (χ1) is 29.2. The second-order valence-electron chi connectivity index (χ2n) is 14.0. The van der Waals surface area contributed by atoms with Crippen LogP contribution in [0.25, 0.3) is 21.8 Å². The number of carbonyl (C=O) groups is 3. The Hall–Kier alpha value is -7.33. The second-order valence-corrected chi connectivity index (χ2v) is 14.4. The van der Waals surface area contributed by atoms with Gasteiger partial charge in [0.05, 0.1) is 21.7 Å². The molecule has 310 valence electrons. The number of urea groups is 1. The molecule has 1 saturated carbocycles. The molecule has 13 nitrogen and oxygen atoms in total. The fraction of sp³-hybridized carbons (Fsp3) is 0.159. The summed E-state index contributed by atoms with van der Waals surface area (Å²) in [5, 5.41) is 21.3. The molecule has 3 aromatic heterocycles. The minimum Gasteiger partial charge on any atom is -0.478 e. The molecule has 0 aliphatic heterocycles. The number of amides is 3. The van der Waals surface area contributed by atoms with E-state index in [9.17, 15) is 32.7 Å². The molecule has 7 aromatic rings. The Morgan fingerprint density at radius 3 is 2.30 bits per heavy atom. The van der Waals surface area contributed by atoms with Gasteiger partial charge in [0.15, 0.2) is 5.82 Å². The van der Waals surface area contributed by atoms with Gasteiger partial charge in [0.25, 0.3) is 5.91 Å². The summed E-state index contributed by atoms with van der Waals surface area (Å²) in [6.07, 6.45) is 1.99. The number of anilines is 4. The van der Waals surface area contributed by atoms with Crippen molar-refractivity contribution in [2.75, 3.05) is 23.0 Å². The van der Waals surface area contributed by atoms with E-state index in [-0.39, 0.29) is 22.9 Å². The van der Waals surface area contributed by atoms with E-state index in [4.69, 9.17) is 26.3 Å². The highest BCUT2D eigenvalue weighted by Gasteiger charge is 2.33. The number of carboxylic acid groups (broad SMARTS) is 1. The van der Waals surface area contributed by atoms with Crippen LogP contribution in [0.1, 0.15) is 50.6 Å². The molecule has 3 amide bonds. The molecule has 0 spiro atoms. The number of carbonyl (C=O) groups excluding carboxylic acids is 2. The van der Waals surface area contributed by atoms with Gasteiger partial charge in [-0.05, 0) is 104 Å². The fourth-order valence-electron chi connectivity index (χ4n) is 6.16. The van der Waals surface area contributed by atoms with Gasteiger partial charge in [-0.2, -0.15) is 13.2 Å². The molecule has 0 radical (unpaired) electrons. The largest absolute Gasteiger partial charge is 0.478 e. The summed E-state index contributed by atoms with van der Waals surface area (Å²) < 4.78 is 44.5. The van der Waals surface area contributed by atoms with Gasteiger partial charge in [-0.15, -0.1) is 0 Å². The molecule has 8 rings (SSSR count). The van der Waals surface area contributed by atoms with Crippen molar-refractivity contribution in [2.24, 2.45) is 5.92 Å². The van der Waals surface area contributed by atoms with Gasteiger partial charge in [-0.3, -0.25) is 9.78 Å². The first kappa shape index (κ1) is 41.8. The summed E-state index contributed by atoms with van der Waals surface area (Å²) in [5.41, 5.74) is 3.07. The van der Waals surface area contributed by atoms with Crippen LogP contribution in [0.4, 0.5) is 40.8 Å². The van der Waals surface area contributed by atoms with E-state index >= 15 is 0 Å². The third-order valence-electron chi connectivity index (χ3n) is 9.35. The van der Waals surface area contributed by atoms with E-state index in [0.29, 0.717) is 34.4 Å². The van der Waals surface area contributed by atoms with Gasteiger partial charge in [-0.25, -0.2) is 24.5 Å². The third-order valence-corrected chi connectivity index (χ3v) is 9.68. The second kappa shape index (κ2) is 17.9. The van der Waals surface area contributed by atoms with Crippen molar-refractivity contribution in [3.8, 4) is 11.5 Å². The van der Waals surface area contributed by atoms with Crippen molar-refractivity contribution in [1.29, 1.82) is 0 Å². The van der Waals surface area contributed by atoms with E-state index in [0.717, 1.165) is 51.9 Å². The molecule has 1 aliphatic rings. The molecule has 5 N–H and O–H groups in total. The maximum absolute atomic E-state index is 12.9. The zero-order chi connectivity index (χ0) is 43.3. The van der Waals surface area contributed by atoms with Gasteiger partial charge in [0.1, 0.15) is 28.5 Å². The average molecular weight is 849 g/mol. The van der Waals surface area contributed by atoms with Gasteiger partial charge >= 0.3 is 18.2 Å².